The summed E-state index contributed by atoms with van der Waals surface area (Å²) in [4.78, 5) is 25.5. The Balaban J connectivity index is 2.09. The molecular formula is C15H20N2O3. The zero-order chi connectivity index (χ0) is 14.5. The van der Waals surface area contributed by atoms with Gasteiger partial charge < -0.3 is 10.1 Å². The van der Waals surface area contributed by atoms with Crippen LogP contribution in [0.3, 0.4) is 0 Å². The summed E-state index contributed by atoms with van der Waals surface area (Å²) in [7, 11) is 1.34. The lowest BCUT2D eigenvalue weighted by Crippen LogP contribution is -2.43. The van der Waals surface area contributed by atoms with Gasteiger partial charge in [-0.3, -0.25) is 9.69 Å². The number of amides is 2. The van der Waals surface area contributed by atoms with Crippen molar-refractivity contribution in [3.8, 4) is 0 Å². The van der Waals surface area contributed by atoms with Gasteiger partial charge in [0.2, 0.25) is 5.91 Å². The molecule has 1 N–H and O–H groups in total. The molecule has 0 saturated carbocycles. The zero-order valence-electron chi connectivity index (χ0n) is 11.9. The molecule has 5 heteroatoms. The highest BCUT2D eigenvalue weighted by molar-refractivity contribution is 5.97. The van der Waals surface area contributed by atoms with Gasteiger partial charge in [0.25, 0.3) is 0 Å². The summed E-state index contributed by atoms with van der Waals surface area (Å²) in [5.74, 6) is -0.145. The van der Waals surface area contributed by atoms with Crippen LogP contribution in [0.2, 0.25) is 0 Å². The van der Waals surface area contributed by atoms with E-state index in [4.69, 9.17) is 4.74 Å². The van der Waals surface area contributed by atoms with Crippen LogP contribution >= 0.6 is 0 Å². The van der Waals surface area contributed by atoms with Crippen LogP contribution in [0.15, 0.2) is 24.3 Å². The van der Waals surface area contributed by atoms with E-state index in [0.29, 0.717) is 13.0 Å². The van der Waals surface area contributed by atoms with E-state index in [9.17, 15) is 9.59 Å². The summed E-state index contributed by atoms with van der Waals surface area (Å²) in [6.45, 7) is 2.61. The lowest BCUT2D eigenvalue weighted by Gasteiger charge is -2.22. The molecule has 0 aromatic heterocycles. The van der Waals surface area contributed by atoms with E-state index in [-0.39, 0.29) is 5.91 Å². The smallest absolute Gasteiger partial charge is 0.410 e. The highest BCUT2D eigenvalue weighted by Crippen LogP contribution is 2.21. The van der Waals surface area contributed by atoms with Gasteiger partial charge in [-0.2, -0.15) is 0 Å². The van der Waals surface area contributed by atoms with Crippen LogP contribution in [-0.2, 0) is 16.0 Å². The zero-order valence-corrected chi connectivity index (χ0v) is 11.9. The number of carbonyl (C=O) groups excluding carboxylic acids is 2. The Morgan fingerprint density at radius 1 is 1.40 bits per heavy atom. The number of hydrogen-bond acceptors (Lipinski definition) is 3. The van der Waals surface area contributed by atoms with Crippen molar-refractivity contribution in [2.24, 2.45) is 0 Å². The van der Waals surface area contributed by atoms with Gasteiger partial charge in [-0.1, -0.05) is 25.1 Å². The minimum Gasteiger partial charge on any atom is -0.453 e. The quantitative estimate of drug-likeness (QED) is 0.922. The van der Waals surface area contributed by atoms with Gasteiger partial charge in [0, 0.05) is 12.2 Å². The maximum atomic E-state index is 12.4. The van der Waals surface area contributed by atoms with Crippen LogP contribution in [0.4, 0.5) is 10.5 Å². The van der Waals surface area contributed by atoms with E-state index in [1.54, 1.807) is 0 Å². The molecule has 1 aliphatic heterocycles. The standard InChI is InChI=1S/C15H20N2O3/c1-3-11-7-4-5-8-12(11)16-14(18)13-9-6-10-17(13)15(19)20-2/h4-5,7-8,13H,3,6,9-10H2,1-2H3,(H,16,18). The summed E-state index contributed by atoms with van der Waals surface area (Å²) in [6.07, 6.45) is 1.91. The maximum absolute atomic E-state index is 12.4. The van der Waals surface area contributed by atoms with Crippen LogP contribution < -0.4 is 5.32 Å². The van der Waals surface area contributed by atoms with Gasteiger partial charge in [0.15, 0.2) is 0 Å². The van der Waals surface area contributed by atoms with E-state index in [1.807, 2.05) is 31.2 Å². The third-order valence-electron chi connectivity index (χ3n) is 3.62. The van der Waals surface area contributed by atoms with Crippen molar-refractivity contribution in [1.29, 1.82) is 0 Å². The number of ether oxygens (including phenoxy) is 1. The van der Waals surface area contributed by atoms with Crippen molar-refractivity contribution in [3.63, 3.8) is 0 Å². The number of aryl methyl sites for hydroxylation is 1. The fraction of sp³-hybridized carbons (Fsp3) is 0.467. The van der Waals surface area contributed by atoms with Crippen LogP contribution in [0.5, 0.6) is 0 Å². The van der Waals surface area contributed by atoms with Crippen molar-refractivity contribution < 1.29 is 14.3 Å². The summed E-state index contributed by atoms with van der Waals surface area (Å²) < 4.78 is 4.72. The first-order valence-corrected chi connectivity index (χ1v) is 6.90. The highest BCUT2D eigenvalue weighted by Gasteiger charge is 2.34. The summed E-state index contributed by atoms with van der Waals surface area (Å²) in [5, 5.41) is 2.92. The molecule has 0 aliphatic carbocycles. The average Bonchev–Trinajstić information content (AvgIpc) is 2.96. The van der Waals surface area contributed by atoms with E-state index >= 15 is 0 Å². The van der Waals surface area contributed by atoms with Crippen molar-refractivity contribution in [2.45, 2.75) is 32.2 Å². The molecule has 20 heavy (non-hydrogen) atoms. The van der Waals surface area contributed by atoms with E-state index in [2.05, 4.69) is 5.32 Å². The second-order valence-corrected chi connectivity index (χ2v) is 4.82. The Kier molecular flexibility index (Phi) is 4.61. The number of anilines is 1. The fourth-order valence-electron chi connectivity index (χ4n) is 2.54. The second-order valence-electron chi connectivity index (χ2n) is 4.82. The van der Waals surface area contributed by atoms with Gasteiger partial charge in [-0.15, -0.1) is 0 Å². The molecule has 0 radical (unpaired) electrons. The van der Waals surface area contributed by atoms with Crippen LogP contribution in [-0.4, -0.2) is 36.6 Å². The molecule has 1 heterocycles. The van der Waals surface area contributed by atoms with E-state index in [1.165, 1.54) is 12.0 Å². The number of likely N-dealkylation sites (tertiary alicyclic amines) is 1. The maximum Gasteiger partial charge on any atom is 0.410 e. The molecule has 1 atom stereocenters. The number of hydrogen-bond donors (Lipinski definition) is 1. The fourth-order valence-corrected chi connectivity index (χ4v) is 2.54. The molecule has 1 aromatic carbocycles. The number of carbonyl (C=O) groups is 2. The van der Waals surface area contributed by atoms with Gasteiger partial charge in [0.05, 0.1) is 7.11 Å². The summed E-state index contributed by atoms with van der Waals surface area (Å²) in [6, 6.07) is 7.27. The van der Waals surface area contributed by atoms with Crippen molar-refractivity contribution in [2.75, 3.05) is 19.0 Å². The molecule has 0 spiro atoms. The Labute approximate surface area is 118 Å². The predicted molar refractivity (Wildman–Crippen MR) is 76.6 cm³/mol. The molecule has 2 rings (SSSR count). The van der Waals surface area contributed by atoms with Crippen molar-refractivity contribution >= 4 is 17.7 Å². The third kappa shape index (κ3) is 2.92. The number of rotatable bonds is 3. The molecule has 0 bridgehead atoms. The molecule has 1 aromatic rings. The topological polar surface area (TPSA) is 58.6 Å². The largest absolute Gasteiger partial charge is 0.453 e. The van der Waals surface area contributed by atoms with Crippen molar-refractivity contribution in [3.05, 3.63) is 29.8 Å². The molecule has 5 nitrogen and oxygen atoms in total. The molecule has 108 valence electrons. The lowest BCUT2D eigenvalue weighted by atomic mass is 10.1. The van der Waals surface area contributed by atoms with Gasteiger partial charge in [-0.25, -0.2) is 4.79 Å². The SMILES string of the molecule is CCc1ccccc1NC(=O)C1CCCN1C(=O)OC. The highest BCUT2D eigenvalue weighted by atomic mass is 16.5. The normalized spacial score (nSPS) is 17.9. The molecule has 1 fully saturated rings. The third-order valence-corrected chi connectivity index (χ3v) is 3.62. The minimum absolute atomic E-state index is 0.145. The Morgan fingerprint density at radius 2 is 2.15 bits per heavy atom. The van der Waals surface area contributed by atoms with E-state index < -0.39 is 12.1 Å². The van der Waals surface area contributed by atoms with Gasteiger partial charge in [0.1, 0.15) is 6.04 Å². The molecule has 1 unspecified atom stereocenters. The molecule has 1 saturated heterocycles. The van der Waals surface area contributed by atoms with Crippen molar-refractivity contribution in [1.82, 2.24) is 4.90 Å². The Morgan fingerprint density at radius 3 is 2.85 bits per heavy atom. The Hall–Kier alpha value is -2.04. The average molecular weight is 276 g/mol. The lowest BCUT2D eigenvalue weighted by molar-refractivity contribution is -0.119. The number of benzene rings is 1. The molecular weight excluding hydrogens is 256 g/mol. The number of methoxy groups -OCH3 is 1. The summed E-state index contributed by atoms with van der Waals surface area (Å²) >= 11 is 0. The monoisotopic (exact) mass is 276 g/mol. The van der Waals surface area contributed by atoms with Gasteiger partial charge >= 0.3 is 6.09 Å². The number of para-hydroxylation sites is 1. The van der Waals surface area contributed by atoms with Crippen LogP contribution in [0.25, 0.3) is 0 Å². The van der Waals surface area contributed by atoms with E-state index in [0.717, 1.165) is 24.1 Å². The van der Waals surface area contributed by atoms with Gasteiger partial charge in [-0.05, 0) is 30.9 Å². The predicted octanol–water partition coefficient (Wildman–Crippen LogP) is 2.42. The molecule has 2 amide bonds. The molecule has 1 aliphatic rings. The number of nitrogens with zero attached hydrogens (tertiary/aromatic N) is 1. The first-order chi connectivity index (χ1) is 9.67. The Bertz CT molecular complexity index is 502. The minimum atomic E-state index is -0.438. The first kappa shape index (κ1) is 14.4. The van der Waals surface area contributed by atoms with Crippen LogP contribution in [0.1, 0.15) is 25.3 Å². The second kappa shape index (κ2) is 6.41. The summed E-state index contributed by atoms with van der Waals surface area (Å²) in [5.41, 5.74) is 1.90. The number of nitrogens with one attached hydrogen (secondary N) is 1. The first-order valence-electron chi connectivity index (χ1n) is 6.90. The van der Waals surface area contributed by atoms with Crippen LogP contribution in [0, 0.1) is 0 Å².